The molecule has 36 heavy (non-hydrogen) atoms. The number of hydrogen-bond donors (Lipinski definition) is 3. The van der Waals surface area contributed by atoms with Gasteiger partial charge in [0, 0.05) is 5.56 Å². The van der Waals surface area contributed by atoms with Gasteiger partial charge in [-0.2, -0.15) is 0 Å². The maximum Gasteiger partial charge on any atom is 0.207 e. The summed E-state index contributed by atoms with van der Waals surface area (Å²) in [5.74, 6) is -4.56. The maximum absolute atomic E-state index is 13.6. The van der Waals surface area contributed by atoms with Crippen LogP contribution in [0.2, 0.25) is 10.0 Å². The third-order valence-corrected chi connectivity index (χ3v) is 7.75. The van der Waals surface area contributed by atoms with E-state index < -0.39 is 64.2 Å². The molecule has 0 aliphatic carbocycles. The van der Waals surface area contributed by atoms with Crippen molar-refractivity contribution in [2.45, 2.75) is 42.1 Å². The van der Waals surface area contributed by atoms with Crippen molar-refractivity contribution in [2.75, 3.05) is 6.61 Å². The minimum absolute atomic E-state index is 0.0784. The van der Waals surface area contributed by atoms with Crippen molar-refractivity contribution in [3.8, 4) is 11.3 Å². The number of aliphatic hydroxyl groups is 3. The molecule has 0 saturated carbocycles. The van der Waals surface area contributed by atoms with Gasteiger partial charge in [-0.1, -0.05) is 28.4 Å². The molecular formula is C21H20Cl2F3N3O6S. The van der Waals surface area contributed by atoms with Crippen LogP contribution < -0.4 is 0 Å². The van der Waals surface area contributed by atoms with E-state index in [-0.39, 0.29) is 26.2 Å². The van der Waals surface area contributed by atoms with Crippen LogP contribution >= 0.6 is 23.2 Å². The van der Waals surface area contributed by atoms with Gasteiger partial charge < -0.3 is 20.1 Å². The lowest BCUT2D eigenvalue weighted by atomic mass is 10.1. The standard InChI is InChI=1S/C21H20Cl2F3N3O6S/c1-10(31)19(9-30)35-21(36(33,34)12-2-3-13(22)14(23)6-12)18(32)8-29-7-17(27-28-29)11-4-15(24)20(26)16(25)5-11/h2-7,10,18-19,21,30-32H,8-9H2,1H3/t10-,18+,19?,21?/m1/s1. The van der Waals surface area contributed by atoms with E-state index in [9.17, 15) is 36.9 Å². The molecule has 1 heterocycles. The summed E-state index contributed by atoms with van der Waals surface area (Å²) in [5.41, 5.74) is -2.28. The van der Waals surface area contributed by atoms with Gasteiger partial charge in [-0.15, -0.1) is 5.10 Å². The van der Waals surface area contributed by atoms with Crippen molar-refractivity contribution < 1.29 is 41.6 Å². The summed E-state index contributed by atoms with van der Waals surface area (Å²) < 4.78 is 73.4. The summed E-state index contributed by atoms with van der Waals surface area (Å²) in [7, 11) is -4.50. The molecule has 0 saturated heterocycles. The van der Waals surface area contributed by atoms with E-state index in [0.29, 0.717) is 12.1 Å². The van der Waals surface area contributed by atoms with Gasteiger partial charge in [0.25, 0.3) is 0 Å². The zero-order valence-electron chi connectivity index (χ0n) is 18.4. The van der Waals surface area contributed by atoms with Gasteiger partial charge in [0.05, 0.1) is 40.4 Å². The number of benzene rings is 2. The third kappa shape index (κ3) is 6.17. The number of aliphatic hydroxyl groups excluding tert-OH is 3. The minimum Gasteiger partial charge on any atom is -0.394 e. The van der Waals surface area contributed by atoms with E-state index in [2.05, 4.69) is 10.3 Å². The van der Waals surface area contributed by atoms with E-state index in [1.165, 1.54) is 13.0 Å². The lowest BCUT2D eigenvalue weighted by Gasteiger charge is -2.28. The first kappa shape index (κ1) is 28.3. The molecule has 0 amide bonds. The second-order valence-electron chi connectivity index (χ2n) is 7.73. The highest BCUT2D eigenvalue weighted by molar-refractivity contribution is 7.92. The predicted molar refractivity (Wildman–Crippen MR) is 122 cm³/mol. The molecule has 1 aromatic heterocycles. The molecule has 2 aromatic carbocycles. The molecule has 15 heteroatoms. The van der Waals surface area contributed by atoms with Crippen molar-refractivity contribution in [3.63, 3.8) is 0 Å². The van der Waals surface area contributed by atoms with E-state index in [1.54, 1.807) is 0 Å². The lowest BCUT2D eigenvalue weighted by Crippen LogP contribution is -2.45. The van der Waals surface area contributed by atoms with Crippen LogP contribution in [0, 0.1) is 17.5 Å². The summed E-state index contributed by atoms with van der Waals surface area (Å²) in [6.07, 6.45) is -3.42. The van der Waals surface area contributed by atoms with Crippen LogP contribution in [0.4, 0.5) is 13.2 Å². The normalized spacial score (nSPS) is 15.5. The van der Waals surface area contributed by atoms with Gasteiger partial charge in [0.15, 0.2) is 22.9 Å². The largest absolute Gasteiger partial charge is 0.394 e. The van der Waals surface area contributed by atoms with Crippen molar-refractivity contribution in [1.82, 2.24) is 15.0 Å². The zero-order chi connectivity index (χ0) is 26.8. The van der Waals surface area contributed by atoms with Crippen LogP contribution in [0.5, 0.6) is 0 Å². The Morgan fingerprint density at radius 2 is 1.72 bits per heavy atom. The first-order chi connectivity index (χ1) is 16.8. The van der Waals surface area contributed by atoms with E-state index in [4.69, 9.17) is 27.9 Å². The SMILES string of the molecule is C[C@@H](O)C(CO)OC([C@@H](O)Cn1cc(-c2cc(F)c(F)c(F)c2)nn1)S(=O)(=O)c1ccc(Cl)c(Cl)c1. The highest BCUT2D eigenvalue weighted by Gasteiger charge is 2.38. The Hall–Kier alpha value is -2.26. The molecule has 0 radical (unpaired) electrons. The van der Waals surface area contributed by atoms with Crippen LogP contribution in [-0.2, 0) is 21.1 Å². The third-order valence-electron chi connectivity index (χ3n) is 5.06. The molecule has 0 spiro atoms. The van der Waals surface area contributed by atoms with E-state index in [1.807, 2.05) is 0 Å². The number of sulfone groups is 1. The Labute approximate surface area is 213 Å². The summed E-state index contributed by atoms with van der Waals surface area (Å²) in [6.45, 7) is -0.0734. The second kappa shape index (κ2) is 11.4. The number of rotatable bonds is 10. The molecule has 3 rings (SSSR count). The fourth-order valence-electron chi connectivity index (χ4n) is 3.14. The summed E-state index contributed by atoms with van der Waals surface area (Å²) >= 11 is 11.8. The van der Waals surface area contributed by atoms with E-state index >= 15 is 0 Å². The average Bonchev–Trinajstić information content (AvgIpc) is 3.27. The maximum atomic E-state index is 13.6. The molecule has 0 aliphatic heterocycles. The van der Waals surface area contributed by atoms with Gasteiger partial charge in [-0.25, -0.2) is 26.3 Å². The molecule has 0 fully saturated rings. The molecular weight excluding hydrogens is 550 g/mol. The van der Waals surface area contributed by atoms with Crippen LogP contribution in [0.25, 0.3) is 11.3 Å². The first-order valence-corrected chi connectivity index (χ1v) is 12.5. The molecule has 196 valence electrons. The quantitative estimate of drug-likeness (QED) is 0.317. The fourth-order valence-corrected chi connectivity index (χ4v) is 5.10. The number of nitrogens with zero attached hydrogens (tertiary/aromatic N) is 3. The van der Waals surface area contributed by atoms with Gasteiger partial charge >= 0.3 is 0 Å². The molecule has 9 nitrogen and oxygen atoms in total. The number of aromatic nitrogens is 3. The molecule has 2 unspecified atom stereocenters. The van der Waals surface area contributed by atoms with Crippen LogP contribution in [0.1, 0.15) is 6.92 Å². The Balaban J connectivity index is 1.93. The predicted octanol–water partition coefficient (Wildman–Crippen LogP) is 2.59. The van der Waals surface area contributed by atoms with Crippen molar-refractivity contribution in [3.05, 3.63) is 64.0 Å². The minimum atomic E-state index is -4.50. The van der Waals surface area contributed by atoms with Crippen molar-refractivity contribution in [2.24, 2.45) is 0 Å². The second-order valence-corrected chi connectivity index (χ2v) is 10.6. The molecule has 0 bridgehead atoms. The topological polar surface area (TPSA) is 135 Å². The smallest absolute Gasteiger partial charge is 0.207 e. The van der Waals surface area contributed by atoms with Gasteiger partial charge in [-0.3, -0.25) is 0 Å². The summed E-state index contributed by atoms with van der Waals surface area (Å²) in [6, 6.07) is 4.79. The molecule has 4 atom stereocenters. The summed E-state index contributed by atoms with van der Waals surface area (Å²) in [5, 5.41) is 37.6. The summed E-state index contributed by atoms with van der Waals surface area (Å²) in [4.78, 5) is -0.361. The molecule has 0 aliphatic rings. The number of hydrogen-bond acceptors (Lipinski definition) is 8. The fraction of sp³-hybridized carbons (Fsp3) is 0.333. The molecule has 3 N–H and O–H groups in total. The van der Waals surface area contributed by atoms with Gasteiger partial charge in [0.2, 0.25) is 9.84 Å². The Kier molecular flexibility index (Phi) is 8.98. The van der Waals surface area contributed by atoms with Crippen LogP contribution in [-0.4, -0.2) is 69.1 Å². The van der Waals surface area contributed by atoms with Crippen LogP contribution in [0.3, 0.4) is 0 Å². The van der Waals surface area contributed by atoms with Crippen molar-refractivity contribution >= 4 is 33.0 Å². The van der Waals surface area contributed by atoms with Crippen molar-refractivity contribution in [1.29, 1.82) is 0 Å². The van der Waals surface area contributed by atoms with E-state index in [0.717, 1.165) is 23.0 Å². The zero-order valence-corrected chi connectivity index (χ0v) is 20.7. The molecule has 3 aromatic rings. The van der Waals surface area contributed by atoms with Gasteiger partial charge in [0.1, 0.15) is 17.9 Å². The Morgan fingerprint density at radius 3 is 2.28 bits per heavy atom. The van der Waals surface area contributed by atoms with Crippen LogP contribution in [0.15, 0.2) is 41.4 Å². The number of halogens is 5. The highest BCUT2D eigenvalue weighted by atomic mass is 35.5. The first-order valence-electron chi connectivity index (χ1n) is 10.2. The highest BCUT2D eigenvalue weighted by Crippen LogP contribution is 2.29. The number of ether oxygens (including phenoxy) is 1. The average molecular weight is 570 g/mol. The lowest BCUT2D eigenvalue weighted by molar-refractivity contribution is -0.100. The Bertz CT molecular complexity index is 1320. The Morgan fingerprint density at radius 1 is 1.08 bits per heavy atom. The monoisotopic (exact) mass is 569 g/mol. The van der Waals surface area contributed by atoms with Gasteiger partial charge in [-0.05, 0) is 37.3 Å².